The van der Waals surface area contributed by atoms with Gasteiger partial charge < -0.3 is 14.7 Å². The molecule has 0 bridgehead atoms. The molecule has 1 unspecified atom stereocenters. The van der Waals surface area contributed by atoms with Crippen LogP contribution in [0, 0.1) is 12.8 Å². The zero-order chi connectivity index (χ0) is 21.3. The molecule has 1 aliphatic rings. The van der Waals surface area contributed by atoms with E-state index < -0.39 is 12.1 Å². The van der Waals surface area contributed by atoms with E-state index in [9.17, 15) is 18.0 Å². The molecule has 0 aliphatic carbocycles. The number of hydrogen-bond acceptors (Lipinski definition) is 6. The summed E-state index contributed by atoms with van der Waals surface area (Å²) in [5.41, 5.74) is 1.82. The molecule has 0 spiro atoms. The number of halogens is 3. The average Bonchev–Trinajstić information content (AvgIpc) is 3.39. The van der Waals surface area contributed by atoms with E-state index >= 15 is 0 Å². The highest BCUT2D eigenvalue weighted by molar-refractivity contribution is 5.93. The summed E-state index contributed by atoms with van der Waals surface area (Å²) in [6, 6.07) is 10.2. The van der Waals surface area contributed by atoms with Crippen LogP contribution in [0.5, 0.6) is 0 Å². The van der Waals surface area contributed by atoms with Gasteiger partial charge in [-0.1, -0.05) is 23.4 Å². The first-order valence-electron chi connectivity index (χ1n) is 9.29. The first-order chi connectivity index (χ1) is 14.3. The lowest BCUT2D eigenvalue weighted by molar-refractivity contribution is -0.159. The number of aryl methyl sites for hydroxylation is 1. The molecule has 7 nitrogen and oxygen atoms in total. The van der Waals surface area contributed by atoms with Crippen LogP contribution >= 0.6 is 0 Å². The number of amides is 1. The van der Waals surface area contributed by atoms with Gasteiger partial charge in [-0.05, 0) is 37.1 Å². The predicted octanol–water partition coefficient (Wildman–Crippen LogP) is 3.92. The van der Waals surface area contributed by atoms with Gasteiger partial charge in [-0.2, -0.15) is 18.2 Å². The van der Waals surface area contributed by atoms with Gasteiger partial charge in [-0.3, -0.25) is 4.79 Å². The molecule has 0 radical (unpaired) electrons. The Morgan fingerprint density at radius 3 is 2.80 bits per heavy atom. The minimum atomic E-state index is -4.71. The third-order valence-corrected chi connectivity index (χ3v) is 4.84. The van der Waals surface area contributed by atoms with Gasteiger partial charge in [0.1, 0.15) is 5.82 Å². The summed E-state index contributed by atoms with van der Waals surface area (Å²) in [4.78, 5) is 22.5. The molecule has 3 heterocycles. The minimum absolute atomic E-state index is 0.161. The van der Waals surface area contributed by atoms with Crippen molar-refractivity contribution in [2.45, 2.75) is 19.5 Å². The van der Waals surface area contributed by atoms with Crippen molar-refractivity contribution in [2.75, 3.05) is 23.3 Å². The van der Waals surface area contributed by atoms with Crippen LogP contribution in [0.4, 0.5) is 24.7 Å². The quantitative estimate of drug-likeness (QED) is 0.693. The van der Waals surface area contributed by atoms with E-state index in [4.69, 9.17) is 0 Å². The zero-order valence-electron chi connectivity index (χ0n) is 16.0. The maximum absolute atomic E-state index is 12.7. The van der Waals surface area contributed by atoms with Gasteiger partial charge in [-0.15, -0.1) is 0 Å². The van der Waals surface area contributed by atoms with Crippen molar-refractivity contribution in [2.24, 2.45) is 5.92 Å². The molecule has 3 aromatic rings. The molecule has 1 aliphatic heterocycles. The Balaban J connectivity index is 1.42. The standard InChI is InChI=1S/C20H18F3N5O2/c1-12-5-6-16(24-10-12)28-8-7-14(11-28)18(29)25-15-4-2-3-13(9-15)17-26-19(30-27-17)20(21,22)23/h2-6,9-10,14H,7-8,11H2,1H3,(H,25,29). The summed E-state index contributed by atoms with van der Waals surface area (Å²) in [5, 5.41) is 6.19. The van der Waals surface area contributed by atoms with Crippen molar-refractivity contribution in [1.82, 2.24) is 15.1 Å². The number of carbonyl (C=O) groups excluding carboxylic acids is 1. The molecule has 1 saturated heterocycles. The van der Waals surface area contributed by atoms with Gasteiger partial charge in [0.2, 0.25) is 11.7 Å². The second-order valence-electron chi connectivity index (χ2n) is 7.12. The molecule has 2 aromatic heterocycles. The van der Waals surface area contributed by atoms with Gasteiger partial charge in [0, 0.05) is 30.5 Å². The van der Waals surface area contributed by atoms with Crippen LogP contribution in [0.15, 0.2) is 47.1 Å². The first kappa shape index (κ1) is 19.9. The van der Waals surface area contributed by atoms with Crippen LogP contribution in [0.25, 0.3) is 11.4 Å². The Morgan fingerprint density at radius 2 is 2.10 bits per heavy atom. The number of aromatic nitrogens is 3. The number of nitrogens with one attached hydrogen (secondary N) is 1. The normalized spacial score (nSPS) is 16.7. The van der Waals surface area contributed by atoms with Gasteiger partial charge in [0.15, 0.2) is 0 Å². The Kier molecular flexibility index (Phi) is 5.15. The Labute approximate surface area is 169 Å². The molecule has 1 amide bonds. The van der Waals surface area contributed by atoms with E-state index in [-0.39, 0.29) is 17.6 Å². The SMILES string of the molecule is Cc1ccc(N2CCC(C(=O)Nc3cccc(-c4noc(C(F)(F)F)n4)c3)C2)nc1. The Bertz CT molecular complexity index is 1050. The average molecular weight is 417 g/mol. The lowest BCUT2D eigenvalue weighted by atomic mass is 10.1. The number of rotatable bonds is 4. The number of benzene rings is 1. The number of anilines is 2. The van der Waals surface area contributed by atoms with E-state index in [0.29, 0.717) is 24.2 Å². The van der Waals surface area contributed by atoms with Gasteiger partial charge in [0.05, 0.1) is 5.92 Å². The van der Waals surface area contributed by atoms with E-state index in [1.807, 2.05) is 19.1 Å². The fraction of sp³-hybridized carbons (Fsp3) is 0.300. The monoisotopic (exact) mass is 417 g/mol. The molecule has 1 N–H and O–H groups in total. The largest absolute Gasteiger partial charge is 0.471 e. The maximum atomic E-state index is 12.7. The van der Waals surface area contributed by atoms with Crippen molar-refractivity contribution in [3.63, 3.8) is 0 Å². The van der Waals surface area contributed by atoms with E-state index in [1.165, 1.54) is 6.07 Å². The molecule has 1 aromatic carbocycles. The van der Waals surface area contributed by atoms with Crippen LogP contribution in [0.2, 0.25) is 0 Å². The summed E-state index contributed by atoms with van der Waals surface area (Å²) in [6.07, 6.45) is -2.24. The van der Waals surface area contributed by atoms with Gasteiger partial charge in [-0.25, -0.2) is 4.98 Å². The van der Waals surface area contributed by atoms with Crippen LogP contribution in [-0.2, 0) is 11.0 Å². The minimum Gasteiger partial charge on any atom is -0.356 e. The number of pyridine rings is 1. The lowest BCUT2D eigenvalue weighted by Gasteiger charge is -2.17. The summed E-state index contributed by atoms with van der Waals surface area (Å²) in [7, 11) is 0. The van der Waals surface area contributed by atoms with Crippen LogP contribution in [0.3, 0.4) is 0 Å². The van der Waals surface area contributed by atoms with Crippen molar-refractivity contribution >= 4 is 17.4 Å². The van der Waals surface area contributed by atoms with Crippen LogP contribution < -0.4 is 10.2 Å². The second-order valence-corrected chi connectivity index (χ2v) is 7.12. The highest BCUT2D eigenvalue weighted by Gasteiger charge is 2.38. The highest BCUT2D eigenvalue weighted by atomic mass is 19.4. The molecule has 4 rings (SSSR count). The first-order valence-corrected chi connectivity index (χ1v) is 9.29. The van der Waals surface area contributed by atoms with Crippen LogP contribution in [0.1, 0.15) is 17.9 Å². The van der Waals surface area contributed by atoms with Gasteiger partial charge in [0.25, 0.3) is 0 Å². The number of hydrogen-bond donors (Lipinski definition) is 1. The van der Waals surface area contributed by atoms with E-state index in [2.05, 4.69) is 29.9 Å². The van der Waals surface area contributed by atoms with Crippen molar-refractivity contribution in [3.05, 3.63) is 54.0 Å². The second kappa shape index (κ2) is 7.77. The topological polar surface area (TPSA) is 84.2 Å². The zero-order valence-corrected chi connectivity index (χ0v) is 16.0. The molecular formula is C20H18F3N5O2. The summed E-state index contributed by atoms with van der Waals surface area (Å²) in [6.45, 7) is 3.22. The summed E-state index contributed by atoms with van der Waals surface area (Å²) >= 11 is 0. The van der Waals surface area contributed by atoms with Crippen molar-refractivity contribution in [3.8, 4) is 11.4 Å². The summed E-state index contributed by atoms with van der Waals surface area (Å²) in [5.74, 6) is -1.17. The van der Waals surface area contributed by atoms with Gasteiger partial charge >= 0.3 is 12.1 Å². The van der Waals surface area contributed by atoms with E-state index in [1.54, 1.807) is 24.4 Å². The molecule has 156 valence electrons. The molecule has 10 heteroatoms. The third-order valence-electron chi connectivity index (χ3n) is 4.84. The number of carbonyl (C=O) groups is 1. The van der Waals surface area contributed by atoms with Crippen LogP contribution in [-0.4, -0.2) is 34.1 Å². The highest BCUT2D eigenvalue weighted by Crippen LogP contribution is 2.30. The lowest BCUT2D eigenvalue weighted by Crippen LogP contribution is -2.27. The van der Waals surface area contributed by atoms with Crippen molar-refractivity contribution < 1.29 is 22.5 Å². The van der Waals surface area contributed by atoms with Crippen molar-refractivity contribution in [1.29, 1.82) is 0 Å². The smallest absolute Gasteiger partial charge is 0.356 e. The molecule has 1 fully saturated rings. The third kappa shape index (κ3) is 4.27. The number of nitrogens with zero attached hydrogens (tertiary/aromatic N) is 4. The Morgan fingerprint density at radius 1 is 1.27 bits per heavy atom. The maximum Gasteiger partial charge on any atom is 0.471 e. The molecule has 30 heavy (non-hydrogen) atoms. The fourth-order valence-corrected chi connectivity index (χ4v) is 3.27. The fourth-order valence-electron chi connectivity index (χ4n) is 3.27. The molecule has 0 saturated carbocycles. The Hall–Kier alpha value is -3.43. The number of alkyl halides is 3. The van der Waals surface area contributed by atoms with E-state index in [0.717, 1.165) is 17.9 Å². The molecule has 1 atom stereocenters. The predicted molar refractivity (Wildman–Crippen MR) is 103 cm³/mol. The summed E-state index contributed by atoms with van der Waals surface area (Å²) < 4.78 is 42.2. The molecular weight excluding hydrogens is 399 g/mol.